The molecule has 0 fully saturated rings. The van der Waals surface area contributed by atoms with E-state index in [-0.39, 0.29) is 11.8 Å². The Morgan fingerprint density at radius 2 is 1.42 bits per heavy atom. The van der Waals surface area contributed by atoms with Crippen LogP contribution in [0.5, 0.6) is 0 Å². The maximum absolute atomic E-state index is 13.5. The number of hydrogen-bond donors (Lipinski definition) is 1. The lowest BCUT2D eigenvalue weighted by Crippen LogP contribution is -2.43. The summed E-state index contributed by atoms with van der Waals surface area (Å²) in [5, 5.41) is 3.00. The summed E-state index contributed by atoms with van der Waals surface area (Å²) in [6.45, 7) is 1.42. The summed E-state index contributed by atoms with van der Waals surface area (Å²) in [7, 11) is 1.64. The molecule has 2 amide bonds. The molecule has 0 aliphatic heterocycles. The first-order chi connectivity index (χ1) is 16.2. The topological polar surface area (TPSA) is 58.6 Å². The monoisotopic (exact) mass is 444 g/mol. The summed E-state index contributed by atoms with van der Waals surface area (Å²) in [6, 6.07) is 28.6. The molecule has 0 radical (unpaired) electrons. The second kappa shape index (κ2) is 13.2. The molecule has 172 valence electrons. The van der Waals surface area contributed by atoms with E-state index >= 15 is 0 Å². The lowest BCUT2D eigenvalue weighted by molar-refractivity contribution is -0.141. The SMILES string of the molecule is COCCCNC(=O)[C@@H](c1ccccc1)N(Cc1ccccc1)C(=O)CCc1ccccc1. The summed E-state index contributed by atoms with van der Waals surface area (Å²) >= 11 is 0. The number of carbonyl (C=O) groups is 2. The van der Waals surface area contributed by atoms with Crippen molar-refractivity contribution in [3.05, 3.63) is 108 Å². The van der Waals surface area contributed by atoms with E-state index in [1.807, 2.05) is 91.0 Å². The number of carbonyl (C=O) groups excluding carboxylic acids is 2. The molecule has 0 spiro atoms. The molecule has 0 saturated heterocycles. The zero-order chi connectivity index (χ0) is 23.3. The van der Waals surface area contributed by atoms with Crippen LogP contribution in [0.1, 0.15) is 35.6 Å². The normalized spacial score (nSPS) is 11.5. The number of amides is 2. The van der Waals surface area contributed by atoms with Gasteiger partial charge in [0.05, 0.1) is 0 Å². The van der Waals surface area contributed by atoms with Gasteiger partial charge in [0.15, 0.2) is 0 Å². The van der Waals surface area contributed by atoms with Crippen molar-refractivity contribution in [3.8, 4) is 0 Å². The highest BCUT2D eigenvalue weighted by atomic mass is 16.5. The van der Waals surface area contributed by atoms with Gasteiger partial charge in [-0.2, -0.15) is 0 Å². The molecule has 5 heteroatoms. The molecule has 0 aliphatic rings. The average Bonchev–Trinajstić information content (AvgIpc) is 2.87. The Morgan fingerprint density at radius 3 is 2.03 bits per heavy atom. The van der Waals surface area contributed by atoms with Crippen molar-refractivity contribution < 1.29 is 14.3 Å². The van der Waals surface area contributed by atoms with Gasteiger partial charge in [-0.1, -0.05) is 91.0 Å². The van der Waals surface area contributed by atoms with Crippen molar-refractivity contribution in [2.45, 2.75) is 31.8 Å². The summed E-state index contributed by atoms with van der Waals surface area (Å²) in [5.74, 6) is -0.232. The van der Waals surface area contributed by atoms with Gasteiger partial charge in [-0.05, 0) is 29.5 Å². The van der Waals surface area contributed by atoms with Gasteiger partial charge >= 0.3 is 0 Å². The molecule has 0 heterocycles. The molecule has 1 N–H and O–H groups in total. The van der Waals surface area contributed by atoms with Crippen molar-refractivity contribution in [1.82, 2.24) is 10.2 Å². The highest BCUT2D eigenvalue weighted by molar-refractivity contribution is 5.88. The smallest absolute Gasteiger partial charge is 0.247 e. The third-order valence-corrected chi connectivity index (χ3v) is 5.49. The number of nitrogens with zero attached hydrogens (tertiary/aromatic N) is 1. The summed E-state index contributed by atoms with van der Waals surface area (Å²) < 4.78 is 5.09. The fourth-order valence-corrected chi connectivity index (χ4v) is 3.78. The van der Waals surface area contributed by atoms with Gasteiger partial charge in [0, 0.05) is 33.2 Å². The second-order valence-corrected chi connectivity index (χ2v) is 7.94. The van der Waals surface area contributed by atoms with Crippen LogP contribution in [0.25, 0.3) is 0 Å². The Kier molecular flexibility index (Phi) is 9.67. The second-order valence-electron chi connectivity index (χ2n) is 7.94. The van der Waals surface area contributed by atoms with E-state index in [2.05, 4.69) is 5.32 Å². The third kappa shape index (κ3) is 7.58. The minimum absolute atomic E-state index is 0.0522. The largest absolute Gasteiger partial charge is 0.385 e. The Hall–Kier alpha value is -3.44. The zero-order valence-electron chi connectivity index (χ0n) is 19.2. The van der Waals surface area contributed by atoms with Gasteiger partial charge in [0.25, 0.3) is 0 Å². The summed E-state index contributed by atoms with van der Waals surface area (Å²) in [5.41, 5.74) is 2.88. The van der Waals surface area contributed by atoms with Crippen molar-refractivity contribution in [3.63, 3.8) is 0 Å². The van der Waals surface area contributed by atoms with Crippen LogP contribution in [-0.2, 0) is 27.3 Å². The van der Waals surface area contributed by atoms with E-state index in [1.54, 1.807) is 12.0 Å². The van der Waals surface area contributed by atoms with E-state index in [9.17, 15) is 9.59 Å². The lowest BCUT2D eigenvalue weighted by Gasteiger charge is -2.32. The van der Waals surface area contributed by atoms with Gasteiger partial charge in [-0.25, -0.2) is 0 Å². The van der Waals surface area contributed by atoms with E-state index in [1.165, 1.54) is 0 Å². The number of rotatable bonds is 12. The van der Waals surface area contributed by atoms with E-state index < -0.39 is 6.04 Å². The molecule has 3 aromatic rings. The Morgan fingerprint density at radius 1 is 0.848 bits per heavy atom. The van der Waals surface area contributed by atoms with Crippen LogP contribution in [0.4, 0.5) is 0 Å². The molecule has 3 rings (SSSR count). The molecule has 0 aromatic heterocycles. The van der Waals surface area contributed by atoms with Gasteiger partial charge in [0.1, 0.15) is 6.04 Å². The fourth-order valence-electron chi connectivity index (χ4n) is 3.78. The molecule has 3 aromatic carbocycles. The highest BCUT2D eigenvalue weighted by Crippen LogP contribution is 2.25. The van der Waals surface area contributed by atoms with Gasteiger partial charge in [0.2, 0.25) is 11.8 Å². The molecule has 1 atom stereocenters. The van der Waals surface area contributed by atoms with Crippen molar-refractivity contribution in [2.75, 3.05) is 20.3 Å². The Bertz CT molecular complexity index is 978. The third-order valence-electron chi connectivity index (χ3n) is 5.49. The maximum atomic E-state index is 13.5. The van der Waals surface area contributed by atoms with Crippen molar-refractivity contribution >= 4 is 11.8 Å². The number of methoxy groups -OCH3 is 1. The van der Waals surface area contributed by atoms with Crippen LogP contribution < -0.4 is 5.32 Å². The number of ether oxygens (including phenoxy) is 1. The molecular weight excluding hydrogens is 412 g/mol. The van der Waals surface area contributed by atoms with Crippen LogP contribution in [0.2, 0.25) is 0 Å². The Labute approximate surface area is 196 Å². The minimum atomic E-state index is -0.711. The van der Waals surface area contributed by atoms with Gasteiger partial charge in [-0.15, -0.1) is 0 Å². The predicted molar refractivity (Wildman–Crippen MR) is 130 cm³/mol. The van der Waals surface area contributed by atoms with Crippen molar-refractivity contribution in [1.29, 1.82) is 0 Å². The zero-order valence-corrected chi connectivity index (χ0v) is 19.2. The molecule has 0 saturated carbocycles. The fraction of sp³-hybridized carbons (Fsp3) is 0.286. The average molecular weight is 445 g/mol. The first-order valence-electron chi connectivity index (χ1n) is 11.4. The van der Waals surface area contributed by atoms with Crippen LogP contribution in [0.3, 0.4) is 0 Å². The molecule has 0 aliphatic carbocycles. The maximum Gasteiger partial charge on any atom is 0.247 e. The predicted octanol–water partition coefficient (Wildman–Crippen LogP) is 4.54. The highest BCUT2D eigenvalue weighted by Gasteiger charge is 2.31. The van der Waals surface area contributed by atoms with Crippen LogP contribution >= 0.6 is 0 Å². The number of hydrogen-bond acceptors (Lipinski definition) is 3. The van der Waals surface area contributed by atoms with Crippen LogP contribution in [0.15, 0.2) is 91.0 Å². The molecular formula is C28H32N2O3. The molecule has 33 heavy (non-hydrogen) atoms. The van der Waals surface area contributed by atoms with Crippen LogP contribution in [-0.4, -0.2) is 37.0 Å². The van der Waals surface area contributed by atoms with E-state index in [0.717, 1.165) is 16.7 Å². The van der Waals surface area contributed by atoms with Gasteiger partial charge in [-0.3, -0.25) is 9.59 Å². The number of aryl methyl sites for hydroxylation is 1. The van der Waals surface area contributed by atoms with E-state index in [4.69, 9.17) is 4.74 Å². The number of benzene rings is 3. The number of nitrogens with one attached hydrogen (secondary N) is 1. The van der Waals surface area contributed by atoms with Gasteiger partial charge < -0.3 is 15.0 Å². The Balaban J connectivity index is 1.86. The molecule has 5 nitrogen and oxygen atoms in total. The minimum Gasteiger partial charge on any atom is -0.385 e. The standard InChI is InChI=1S/C28H32N2O3/c1-33-21-11-20-29-28(32)27(25-16-9-4-10-17-25)30(22-24-14-7-3-8-15-24)26(31)19-18-23-12-5-2-6-13-23/h2-10,12-17,27H,11,18-22H2,1H3,(H,29,32)/t27-/m1/s1. The molecule has 0 bridgehead atoms. The van der Waals surface area contributed by atoms with Crippen molar-refractivity contribution in [2.24, 2.45) is 0 Å². The quantitative estimate of drug-likeness (QED) is 0.417. The van der Waals surface area contributed by atoms with E-state index in [0.29, 0.717) is 39.0 Å². The lowest BCUT2D eigenvalue weighted by atomic mass is 10.0. The van der Waals surface area contributed by atoms with Crippen LogP contribution in [0, 0.1) is 0 Å². The summed E-state index contributed by atoms with van der Waals surface area (Å²) in [6.07, 6.45) is 1.67. The molecule has 0 unspecified atom stereocenters. The summed E-state index contributed by atoms with van der Waals surface area (Å²) in [4.78, 5) is 28.6. The first-order valence-corrected chi connectivity index (χ1v) is 11.4. The first kappa shape index (κ1) is 24.2.